The first-order valence-electron chi connectivity index (χ1n) is 8.05. The lowest BCUT2D eigenvalue weighted by molar-refractivity contribution is -0.157. The monoisotopic (exact) mass is 344 g/mol. The molecule has 0 bridgehead atoms. The highest BCUT2D eigenvalue weighted by atomic mass is 16.6. The van der Waals surface area contributed by atoms with E-state index in [1.54, 1.807) is 27.9 Å². The zero-order valence-electron chi connectivity index (χ0n) is 15.1. The summed E-state index contributed by atoms with van der Waals surface area (Å²) in [6, 6.07) is -0.650. The molecule has 0 radical (unpaired) electrons. The molecule has 24 heavy (non-hydrogen) atoms. The van der Waals surface area contributed by atoms with Crippen LogP contribution in [0.2, 0.25) is 0 Å². The molecule has 1 saturated heterocycles. The molecule has 0 aromatic carbocycles. The summed E-state index contributed by atoms with van der Waals surface area (Å²) < 4.78 is 15.2. The quantitative estimate of drug-likeness (QED) is 0.750. The summed E-state index contributed by atoms with van der Waals surface area (Å²) in [7, 11) is 2.88. The standard InChI is InChI=1S/C16H28N2O6/c1-16(2,3)24-15(21)17-8-6-13(19)18-9-7-11(22-4)10-12(18)14(20)23-5/h11-12H,6-10H2,1-5H3,(H,17,21). The Labute approximate surface area is 142 Å². The fraction of sp³-hybridized carbons (Fsp3) is 0.812. The molecular weight excluding hydrogens is 316 g/mol. The van der Waals surface area contributed by atoms with Crippen molar-refractivity contribution in [1.82, 2.24) is 10.2 Å². The molecule has 8 heteroatoms. The van der Waals surface area contributed by atoms with Crippen molar-refractivity contribution in [3.05, 3.63) is 0 Å². The van der Waals surface area contributed by atoms with Gasteiger partial charge in [-0.05, 0) is 27.2 Å². The third kappa shape index (κ3) is 6.35. The lowest BCUT2D eigenvalue weighted by Gasteiger charge is -2.37. The number of likely N-dealkylation sites (tertiary alicyclic amines) is 1. The van der Waals surface area contributed by atoms with Crippen molar-refractivity contribution in [3.63, 3.8) is 0 Å². The highest BCUT2D eigenvalue weighted by molar-refractivity contribution is 5.85. The van der Waals surface area contributed by atoms with E-state index in [4.69, 9.17) is 14.2 Å². The van der Waals surface area contributed by atoms with Gasteiger partial charge in [-0.1, -0.05) is 0 Å². The number of rotatable bonds is 5. The van der Waals surface area contributed by atoms with E-state index in [1.807, 2.05) is 0 Å². The number of methoxy groups -OCH3 is 2. The number of ether oxygens (including phenoxy) is 3. The third-order valence-electron chi connectivity index (χ3n) is 3.69. The number of carbonyl (C=O) groups is 3. The maximum atomic E-state index is 12.4. The Morgan fingerprint density at radius 2 is 1.88 bits per heavy atom. The van der Waals surface area contributed by atoms with Crippen molar-refractivity contribution < 1.29 is 28.6 Å². The van der Waals surface area contributed by atoms with Gasteiger partial charge in [0.25, 0.3) is 0 Å². The van der Waals surface area contributed by atoms with E-state index in [9.17, 15) is 14.4 Å². The van der Waals surface area contributed by atoms with Gasteiger partial charge in [-0.15, -0.1) is 0 Å². The predicted octanol–water partition coefficient (Wildman–Crippen LogP) is 1.08. The first-order valence-corrected chi connectivity index (χ1v) is 8.05. The molecule has 1 fully saturated rings. The summed E-state index contributed by atoms with van der Waals surface area (Å²) in [5, 5.41) is 2.54. The molecule has 0 aromatic heterocycles. The molecule has 0 spiro atoms. The van der Waals surface area contributed by atoms with Crippen LogP contribution < -0.4 is 5.32 Å². The van der Waals surface area contributed by atoms with Gasteiger partial charge >= 0.3 is 12.1 Å². The first-order chi connectivity index (χ1) is 11.2. The van der Waals surface area contributed by atoms with Gasteiger partial charge in [-0.2, -0.15) is 0 Å². The molecule has 2 unspecified atom stereocenters. The van der Waals surface area contributed by atoms with E-state index in [-0.39, 0.29) is 25.0 Å². The SMILES string of the molecule is COC(=O)C1CC(OC)CCN1C(=O)CCNC(=O)OC(C)(C)C. The molecular formula is C16H28N2O6. The maximum absolute atomic E-state index is 12.4. The van der Waals surface area contributed by atoms with Gasteiger partial charge in [0.1, 0.15) is 11.6 Å². The van der Waals surface area contributed by atoms with Crippen LogP contribution in [0, 0.1) is 0 Å². The summed E-state index contributed by atoms with van der Waals surface area (Å²) in [5.41, 5.74) is -0.591. The summed E-state index contributed by atoms with van der Waals surface area (Å²) in [6.45, 7) is 5.85. The number of esters is 1. The fourth-order valence-electron chi connectivity index (χ4n) is 2.53. The minimum atomic E-state index is -0.650. The zero-order chi connectivity index (χ0) is 18.3. The minimum absolute atomic E-state index is 0.0713. The van der Waals surface area contributed by atoms with Crippen LogP contribution in [0.25, 0.3) is 0 Å². The van der Waals surface area contributed by atoms with Crippen molar-refractivity contribution in [2.75, 3.05) is 27.3 Å². The van der Waals surface area contributed by atoms with Crippen LogP contribution in [0.3, 0.4) is 0 Å². The Morgan fingerprint density at radius 3 is 2.42 bits per heavy atom. The van der Waals surface area contributed by atoms with E-state index in [1.165, 1.54) is 12.0 Å². The summed E-state index contributed by atoms with van der Waals surface area (Å²) in [4.78, 5) is 37.4. The maximum Gasteiger partial charge on any atom is 0.407 e. The van der Waals surface area contributed by atoms with Crippen LogP contribution in [0.15, 0.2) is 0 Å². The zero-order valence-corrected chi connectivity index (χ0v) is 15.1. The van der Waals surface area contributed by atoms with Gasteiger partial charge in [0.2, 0.25) is 5.91 Å². The number of nitrogens with one attached hydrogen (secondary N) is 1. The number of alkyl carbamates (subject to hydrolysis) is 1. The largest absolute Gasteiger partial charge is 0.467 e. The van der Waals surface area contributed by atoms with E-state index in [0.29, 0.717) is 19.4 Å². The van der Waals surface area contributed by atoms with Gasteiger partial charge in [-0.25, -0.2) is 9.59 Å². The topological polar surface area (TPSA) is 94.2 Å². The molecule has 138 valence electrons. The van der Waals surface area contributed by atoms with Gasteiger partial charge in [-0.3, -0.25) is 4.79 Å². The van der Waals surface area contributed by atoms with Crippen molar-refractivity contribution in [1.29, 1.82) is 0 Å². The lowest BCUT2D eigenvalue weighted by atomic mass is 9.98. The molecule has 2 amide bonds. The molecule has 1 heterocycles. The highest BCUT2D eigenvalue weighted by Crippen LogP contribution is 2.21. The molecule has 1 N–H and O–H groups in total. The molecule has 1 aliphatic rings. The Kier molecular flexibility index (Phi) is 7.47. The van der Waals surface area contributed by atoms with Crippen LogP contribution in [0.1, 0.15) is 40.0 Å². The van der Waals surface area contributed by atoms with Crippen molar-refractivity contribution >= 4 is 18.0 Å². The number of carbonyl (C=O) groups excluding carboxylic acids is 3. The van der Waals surface area contributed by atoms with Crippen LogP contribution in [-0.4, -0.2) is 67.9 Å². The summed E-state index contributed by atoms with van der Waals surface area (Å²) >= 11 is 0. The summed E-state index contributed by atoms with van der Waals surface area (Å²) in [6.07, 6.45) is 0.518. The third-order valence-corrected chi connectivity index (χ3v) is 3.69. The van der Waals surface area contributed by atoms with Crippen LogP contribution >= 0.6 is 0 Å². The smallest absolute Gasteiger partial charge is 0.407 e. The second-order valence-electron chi connectivity index (χ2n) is 6.69. The summed E-state index contributed by atoms with van der Waals surface area (Å²) in [5.74, 6) is -0.666. The van der Waals surface area contributed by atoms with Crippen LogP contribution in [0.5, 0.6) is 0 Å². The minimum Gasteiger partial charge on any atom is -0.467 e. The Morgan fingerprint density at radius 1 is 1.21 bits per heavy atom. The Hall–Kier alpha value is -1.83. The van der Waals surface area contributed by atoms with Crippen LogP contribution in [0.4, 0.5) is 4.79 Å². The van der Waals surface area contributed by atoms with Gasteiger partial charge < -0.3 is 24.4 Å². The normalized spacial score (nSPS) is 21.1. The number of hydrogen-bond acceptors (Lipinski definition) is 6. The molecule has 1 rings (SSSR count). The predicted molar refractivity (Wildman–Crippen MR) is 86.4 cm³/mol. The van der Waals surface area contributed by atoms with Crippen molar-refractivity contribution in [2.24, 2.45) is 0 Å². The van der Waals surface area contributed by atoms with Crippen LogP contribution in [-0.2, 0) is 23.8 Å². The highest BCUT2D eigenvalue weighted by Gasteiger charge is 2.36. The number of piperidine rings is 1. The fourth-order valence-corrected chi connectivity index (χ4v) is 2.53. The first kappa shape index (κ1) is 20.2. The molecule has 0 saturated carbocycles. The second-order valence-corrected chi connectivity index (χ2v) is 6.69. The number of nitrogens with zero attached hydrogens (tertiary/aromatic N) is 1. The molecule has 1 aliphatic heterocycles. The molecule has 8 nitrogen and oxygen atoms in total. The van der Waals surface area contributed by atoms with E-state index < -0.39 is 23.7 Å². The lowest BCUT2D eigenvalue weighted by Crippen LogP contribution is -2.52. The average molecular weight is 344 g/mol. The second kappa shape index (κ2) is 8.86. The van der Waals surface area contributed by atoms with Gasteiger partial charge in [0.15, 0.2) is 0 Å². The number of amides is 2. The van der Waals surface area contributed by atoms with Crippen molar-refractivity contribution in [2.45, 2.75) is 57.8 Å². The van der Waals surface area contributed by atoms with E-state index in [2.05, 4.69) is 5.32 Å². The average Bonchev–Trinajstić information content (AvgIpc) is 2.51. The van der Waals surface area contributed by atoms with Crippen molar-refractivity contribution in [3.8, 4) is 0 Å². The molecule has 0 aliphatic carbocycles. The van der Waals surface area contributed by atoms with E-state index in [0.717, 1.165) is 0 Å². The Bertz CT molecular complexity index is 460. The number of hydrogen-bond donors (Lipinski definition) is 1. The van der Waals surface area contributed by atoms with Gasteiger partial charge in [0.05, 0.1) is 13.2 Å². The molecule has 2 atom stereocenters. The van der Waals surface area contributed by atoms with Gasteiger partial charge in [0, 0.05) is 33.0 Å². The molecule has 0 aromatic rings. The van der Waals surface area contributed by atoms with E-state index >= 15 is 0 Å². The Balaban J connectivity index is 2.52.